The van der Waals surface area contributed by atoms with Crippen molar-refractivity contribution < 1.29 is 0 Å². The van der Waals surface area contributed by atoms with E-state index in [9.17, 15) is 4.79 Å². The number of aromatic amines is 1. The van der Waals surface area contributed by atoms with Crippen LogP contribution in [-0.2, 0) is 0 Å². The van der Waals surface area contributed by atoms with Gasteiger partial charge in [-0.05, 0) is 18.9 Å². The van der Waals surface area contributed by atoms with Crippen LogP contribution in [0.3, 0.4) is 0 Å². The molecule has 0 aliphatic heterocycles. The van der Waals surface area contributed by atoms with E-state index in [1.807, 2.05) is 19.2 Å². The third kappa shape index (κ3) is 1.93. The number of hydrogen-bond acceptors (Lipinski definition) is 3. The first-order valence-electron chi connectivity index (χ1n) is 5.22. The minimum atomic E-state index is -0.0381. The number of nitrogens with zero attached hydrogens (tertiary/aromatic N) is 1. The fourth-order valence-corrected chi connectivity index (χ4v) is 2.43. The summed E-state index contributed by atoms with van der Waals surface area (Å²) in [5, 5.41) is 2.04. The van der Waals surface area contributed by atoms with Crippen LogP contribution in [0.2, 0.25) is 0 Å². The van der Waals surface area contributed by atoms with Crippen molar-refractivity contribution in [2.45, 2.75) is 26.7 Å². The first-order valence-corrected chi connectivity index (χ1v) is 6.10. The third-order valence-electron chi connectivity index (χ3n) is 2.47. The smallest absolute Gasteiger partial charge is 0.254 e. The highest BCUT2D eigenvalue weighted by atomic mass is 32.1. The lowest BCUT2D eigenvalue weighted by Gasteiger charge is -2.08. The van der Waals surface area contributed by atoms with Crippen LogP contribution in [0.15, 0.2) is 22.6 Å². The Hall–Kier alpha value is -1.42. The first-order chi connectivity index (χ1) is 7.59. The van der Waals surface area contributed by atoms with Gasteiger partial charge in [-0.3, -0.25) is 4.79 Å². The van der Waals surface area contributed by atoms with Gasteiger partial charge >= 0.3 is 0 Å². The summed E-state index contributed by atoms with van der Waals surface area (Å²) >= 11 is 1.67. The molecule has 84 valence electrons. The first kappa shape index (κ1) is 11.1. The van der Waals surface area contributed by atoms with Gasteiger partial charge < -0.3 is 4.98 Å². The molecule has 0 unspecified atom stereocenters. The zero-order valence-corrected chi connectivity index (χ0v) is 10.4. The van der Waals surface area contributed by atoms with Gasteiger partial charge in [-0.2, -0.15) is 0 Å². The van der Waals surface area contributed by atoms with Gasteiger partial charge in [0.1, 0.15) is 0 Å². The summed E-state index contributed by atoms with van der Waals surface area (Å²) < 4.78 is 0. The van der Waals surface area contributed by atoms with Gasteiger partial charge in [-0.1, -0.05) is 13.8 Å². The highest BCUT2D eigenvalue weighted by Gasteiger charge is 2.14. The Labute approximate surface area is 98.2 Å². The lowest BCUT2D eigenvalue weighted by Crippen LogP contribution is -2.16. The molecule has 16 heavy (non-hydrogen) atoms. The van der Waals surface area contributed by atoms with Gasteiger partial charge in [0.2, 0.25) is 0 Å². The van der Waals surface area contributed by atoms with Crippen LogP contribution in [0, 0.1) is 6.92 Å². The molecule has 0 radical (unpaired) electrons. The number of rotatable bonds is 2. The van der Waals surface area contributed by atoms with E-state index in [2.05, 4.69) is 23.0 Å². The molecule has 0 saturated carbocycles. The molecule has 0 spiro atoms. The number of nitrogens with one attached hydrogen (secondary N) is 1. The van der Waals surface area contributed by atoms with E-state index in [1.165, 1.54) is 11.2 Å². The van der Waals surface area contributed by atoms with Gasteiger partial charge in [0.25, 0.3) is 5.56 Å². The standard InChI is InChI=1S/C12H14N2OS/c1-7(2)10-11(13-6-14-12(10)15)9-4-8(3)16-5-9/h4-7H,1-3H3,(H,13,14,15). The van der Waals surface area contributed by atoms with Gasteiger partial charge in [0, 0.05) is 21.4 Å². The van der Waals surface area contributed by atoms with E-state index in [1.54, 1.807) is 11.3 Å². The number of thiophene rings is 1. The predicted octanol–water partition coefficient (Wildman–Crippen LogP) is 2.93. The molecule has 3 nitrogen and oxygen atoms in total. The van der Waals surface area contributed by atoms with E-state index < -0.39 is 0 Å². The molecule has 0 aliphatic rings. The van der Waals surface area contributed by atoms with Crippen LogP contribution >= 0.6 is 11.3 Å². The van der Waals surface area contributed by atoms with Gasteiger partial charge in [0.15, 0.2) is 0 Å². The molecule has 4 heteroatoms. The van der Waals surface area contributed by atoms with Gasteiger partial charge in [-0.25, -0.2) is 4.98 Å². The van der Waals surface area contributed by atoms with Crippen LogP contribution < -0.4 is 5.56 Å². The molecule has 2 rings (SSSR count). The Bertz CT molecular complexity index is 554. The molecule has 0 bridgehead atoms. The van der Waals surface area contributed by atoms with Crippen molar-refractivity contribution in [3.63, 3.8) is 0 Å². The third-order valence-corrected chi connectivity index (χ3v) is 3.33. The normalized spacial score (nSPS) is 11.0. The zero-order chi connectivity index (χ0) is 11.7. The number of aryl methyl sites for hydroxylation is 1. The average molecular weight is 234 g/mol. The fourth-order valence-electron chi connectivity index (χ4n) is 1.74. The number of hydrogen-bond donors (Lipinski definition) is 1. The second kappa shape index (κ2) is 4.22. The summed E-state index contributed by atoms with van der Waals surface area (Å²) in [6, 6.07) is 2.07. The molecular weight excluding hydrogens is 220 g/mol. The summed E-state index contributed by atoms with van der Waals surface area (Å²) in [4.78, 5) is 19.9. The topological polar surface area (TPSA) is 45.8 Å². The second-order valence-corrected chi connectivity index (χ2v) is 5.21. The molecule has 2 aromatic heterocycles. The molecule has 1 N–H and O–H groups in total. The Kier molecular flexibility index (Phi) is 2.92. The maximum absolute atomic E-state index is 11.8. The molecule has 0 saturated heterocycles. The van der Waals surface area contributed by atoms with Crippen LogP contribution in [0.4, 0.5) is 0 Å². The predicted molar refractivity (Wildman–Crippen MR) is 67.0 cm³/mol. The molecule has 0 aliphatic carbocycles. The highest BCUT2D eigenvalue weighted by molar-refractivity contribution is 7.10. The molecule has 0 aromatic carbocycles. The van der Waals surface area contributed by atoms with Gasteiger partial charge in [0.05, 0.1) is 12.0 Å². The molecule has 2 aromatic rings. The van der Waals surface area contributed by atoms with E-state index >= 15 is 0 Å². The van der Waals surface area contributed by atoms with Crippen molar-refractivity contribution in [1.29, 1.82) is 0 Å². The Balaban J connectivity index is 2.65. The quantitative estimate of drug-likeness (QED) is 0.868. The summed E-state index contributed by atoms with van der Waals surface area (Å²) in [7, 11) is 0. The summed E-state index contributed by atoms with van der Waals surface area (Å²) in [5.74, 6) is 0.174. The molecule has 2 heterocycles. The maximum atomic E-state index is 11.8. The summed E-state index contributed by atoms with van der Waals surface area (Å²) in [5.41, 5.74) is 2.57. The maximum Gasteiger partial charge on any atom is 0.254 e. The molecular formula is C12H14N2OS. The Morgan fingerprint density at radius 2 is 2.19 bits per heavy atom. The van der Waals surface area contributed by atoms with E-state index in [4.69, 9.17) is 0 Å². The monoisotopic (exact) mass is 234 g/mol. The van der Waals surface area contributed by atoms with Crippen molar-refractivity contribution in [3.8, 4) is 11.3 Å². The zero-order valence-electron chi connectivity index (χ0n) is 9.57. The SMILES string of the molecule is Cc1cc(-c2nc[nH]c(=O)c2C(C)C)cs1. The van der Waals surface area contributed by atoms with E-state index in [-0.39, 0.29) is 11.5 Å². The van der Waals surface area contributed by atoms with Crippen LogP contribution in [0.25, 0.3) is 11.3 Å². The number of H-pyrrole nitrogens is 1. The van der Waals surface area contributed by atoms with Crippen molar-refractivity contribution >= 4 is 11.3 Å². The van der Waals surface area contributed by atoms with E-state index in [0.717, 1.165) is 16.8 Å². The largest absolute Gasteiger partial charge is 0.313 e. The Morgan fingerprint density at radius 1 is 1.44 bits per heavy atom. The minimum absolute atomic E-state index is 0.0381. The number of aromatic nitrogens is 2. The molecule has 0 amide bonds. The van der Waals surface area contributed by atoms with Crippen molar-refractivity contribution in [3.05, 3.63) is 38.6 Å². The molecule has 0 fully saturated rings. The van der Waals surface area contributed by atoms with Crippen molar-refractivity contribution in [2.75, 3.05) is 0 Å². The van der Waals surface area contributed by atoms with E-state index in [0.29, 0.717) is 0 Å². The fraction of sp³-hybridized carbons (Fsp3) is 0.333. The second-order valence-electron chi connectivity index (χ2n) is 4.09. The average Bonchev–Trinajstić information content (AvgIpc) is 2.63. The van der Waals surface area contributed by atoms with Crippen molar-refractivity contribution in [1.82, 2.24) is 9.97 Å². The summed E-state index contributed by atoms with van der Waals surface area (Å²) in [6.45, 7) is 6.07. The summed E-state index contributed by atoms with van der Waals surface area (Å²) in [6.07, 6.45) is 1.47. The van der Waals surface area contributed by atoms with Crippen LogP contribution in [0.5, 0.6) is 0 Å². The lowest BCUT2D eigenvalue weighted by atomic mass is 10.00. The minimum Gasteiger partial charge on any atom is -0.313 e. The highest BCUT2D eigenvalue weighted by Crippen LogP contribution is 2.27. The Morgan fingerprint density at radius 3 is 2.75 bits per heavy atom. The van der Waals surface area contributed by atoms with Gasteiger partial charge in [-0.15, -0.1) is 11.3 Å². The lowest BCUT2D eigenvalue weighted by molar-refractivity contribution is 0.834. The molecule has 0 atom stereocenters. The van der Waals surface area contributed by atoms with Crippen LogP contribution in [0.1, 0.15) is 30.2 Å². The van der Waals surface area contributed by atoms with Crippen molar-refractivity contribution in [2.24, 2.45) is 0 Å². The van der Waals surface area contributed by atoms with Crippen LogP contribution in [-0.4, -0.2) is 9.97 Å².